The van der Waals surface area contributed by atoms with Crippen LogP contribution < -0.4 is 4.74 Å². The number of para-hydroxylation sites is 1. The molecule has 1 aromatic rings. The van der Waals surface area contributed by atoms with Crippen molar-refractivity contribution in [2.45, 2.75) is 6.42 Å². The Hall–Kier alpha value is -1.11. The highest BCUT2D eigenvalue weighted by Gasteiger charge is 2.23. The van der Waals surface area contributed by atoms with Gasteiger partial charge in [-0.25, -0.2) is 8.42 Å². The lowest BCUT2D eigenvalue weighted by atomic mass is 10.1. The molecule has 5 nitrogen and oxygen atoms in total. The molecule has 0 spiro atoms. The summed E-state index contributed by atoms with van der Waals surface area (Å²) in [6.07, 6.45) is 2.19. The molecule has 0 saturated carbocycles. The number of sulfonamides is 1. The van der Waals surface area contributed by atoms with E-state index in [0.717, 1.165) is 31.8 Å². The van der Waals surface area contributed by atoms with E-state index in [0.29, 0.717) is 13.1 Å². The van der Waals surface area contributed by atoms with Gasteiger partial charge in [-0.2, -0.15) is 4.31 Å². The van der Waals surface area contributed by atoms with Crippen LogP contribution in [0.2, 0.25) is 0 Å². The Morgan fingerprint density at radius 2 is 1.80 bits per heavy atom. The van der Waals surface area contributed by atoms with Crippen molar-refractivity contribution in [3.05, 3.63) is 29.8 Å². The molecule has 1 aliphatic heterocycles. The second kappa shape index (κ2) is 6.56. The minimum Gasteiger partial charge on any atom is -0.496 e. The Morgan fingerprint density at radius 3 is 2.40 bits per heavy atom. The van der Waals surface area contributed by atoms with Crippen molar-refractivity contribution >= 4 is 10.0 Å². The third-order valence-electron chi connectivity index (χ3n) is 3.69. The molecule has 0 unspecified atom stereocenters. The van der Waals surface area contributed by atoms with Gasteiger partial charge in [0.05, 0.1) is 13.4 Å². The van der Waals surface area contributed by atoms with Gasteiger partial charge in [-0.3, -0.25) is 0 Å². The number of benzene rings is 1. The van der Waals surface area contributed by atoms with Crippen LogP contribution in [0, 0.1) is 0 Å². The lowest BCUT2D eigenvalue weighted by Crippen LogP contribution is -2.48. The van der Waals surface area contributed by atoms with E-state index in [2.05, 4.69) is 11.0 Å². The van der Waals surface area contributed by atoms with Gasteiger partial charge in [0.15, 0.2) is 0 Å². The average molecular weight is 298 g/mol. The summed E-state index contributed by atoms with van der Waals surface area (Å²) in [7, 11) is -1.36. The monoisotopic (exact) mass is 298 g/mol. The highest BCUT2D eigenvalue weighted by Crippen LogP contribution is 2.18. The summed E-state index contributed by atoms with van der Waals surface area (Å²) in [5.74, 6) is 0.919. The van der Waals surface area contributed by atoms with Crippen LogP contribution in [0.1, 0.15) is 5.56 Å². The lowest BCUT2D eigenvalue weighted by Gasteiger charge is -2.33. The van der Waals surface area contributed by atoms with Crippen LogP contribution in [0.3, 0.4) is 0 Å². The number of nitrogens with zero attached hydrogens (tertiary/aromatic N) is 2. The Labute approximate surface area is 121 Å². The Bertz CT molecular complexity index is 537. The predicted molar refractivity (Wildman–Crippen MR) is 79.6 cm³/mol. The Balaban J connectivity index is 1.85. The summed E-state index contributed by atoms with van der Waals surface area (Å²) in [6, 6.07) is 8.02. The van der Waals surface area contributed by atoms with Gasteiger partial charge < -0.3 is 9.64 Å². The van der Waals surface area contributed by atoms with Gasteiger partial charge >= 0.3 is 0 Å². The summed E-state index contributed by atoms with van der Waals surface area (Å²) in [4.78, 5) is 2.30. The topological polar surface area (TPSA) is 49.9 Å². The van der Waals surface area contributed by atoms with Crippen LogP contribution in [0.25, 0.3) is 0 Å². The van der Waals surface area contributed by atoms with Gasteiger partial charge in [0.2, 0.25) is 10.0 Å². The van der Waals surface area contributed by atoms with Crippen LogP contribution in [-0.4, -0.2) is 63.7 Å². The first-order valence-corrected chi connectivity index (χ1v) is 8.65. The Morgan fingerprint density at radius 1 is 1.15 bits per heavy atom. The highest BCUT2D eigenvalue weighted by molar-refractivity contribution is 7.88. The van der Waals surface area contributed by atoms with Crippen LogP contribution >= 0.6 is 0 Å². The molecule has 20 heavy (non-hydrogen) atoms. The van der Waals surface area contributed by atoms with E-state index < -0.39 is 10.0 Å². The van der Waals surface area contributed by atoms with E-state index in [1.54, 1.807) is 11.4 Å². The third kappa shape index (κ3) is 3.94. The maximum absolute atomic E-state index is 11.4. The van der Waals surface area contributed by atoms with Crippen LogP contribution in [0.5, 0.6) is 5.75 Å². The van der Waals surface area contributed by atoms with Crippen LogP contribution in [-0.2, 0) is 16.4 Å². The second-order valence-corrected chi connectivity index (χ2v) is 7.05. The molecule has 0 N–H and O–H groups in total. The first-order chi connectivity index (χ1) is 9.50. The zero-order valence-electron chi connectivity index (χ0n) is 12.1. The molecular weight excluding hydrogens is 276 g/mol. The summed E-state index contributed by atoms with van der Waals surface area (Å²) < 4.78 is 29.8. The van der Waals surface area contributed by atoms with Crippen LogP contribution in [0.15, 0.2) is 24.3 Å². The predicted octanol–water partition coefficient (Wildman–Crippen LogP) is 0.815. The SMILES string of the molecule is COc1ccccc1CCN1CCN(S(C)(=O)=O)CC1. The zero-order valence-corrected chi connectivity index (χ0v) is 12.9. The molecule has 112 valence electrons. The minimum atomic E-state index is -3.04. The first kappa shape index (κ1) is 15.3. The fourth-order valence-corrected chi connectivity index (χ4v) is 3.30. The molecule has 1 aliphatic rings. The van der Waals surface area contributed by atoms with Crippen molar-refractivity contribution < 1.29 is 13.2 Å². The van der Waals surface area contributed by atoms with E-state index in [-0.39, 0.29) is 0 Å². The number of hydrogen-bond acceptors (Lipinski definition) is 4. The maximum Gasteiger partial charge on any atom is 0.211 e. The molecule has 2 rings (SSSR count). The molecule has 0 radical (unpaired) electrons. The largest absolute Gasteiger partial charge is 0.496 e. The maximum atomic E-state index is 11.4. The summed E-state index contributed by atoms with van der Waals surface area (Å²) in [5.41, 5.74) is 1.19. The standard InChI is InChI=1S/C14H22N2O3S/c1-19-14-6-4-3-5-13(14)7-8-15-9-11-16(12-10-15)20(2,17)18/h3-6H,7-12H2,1-2H3. The fourth-order valence-electron chi connectivity index (χ4n) is 2.47. The summed E-state index contributed by atoms with van der Waals surface area (Å²) in [5, 5.41) is 0. The van der Waals surface area contributed by atoms with E-state index in [1.165, 1.54) is 11.8 Å². The molecule has 1 fully saturated rings. The van der Waals surface area contributed by atoms with Crippen LogP contribution in [0.4, 0.5) is 0 Å². The highest BCUT2D eigenvalue weighted by atomic mass is 32.2. The normalized spacial score (nSPS) is 18.1. The first-order valence-electron chi connectivity index (χ1n) is 6.80. The van der Waals surface area contributed by atoms with Crippen molar-refractivity contribution in [1.82, 2.24) is 9.21 Å². The number of methoxy groups -OCH3 is 1. The van der Waals surface area contributed by atoms with Crippen molar-refractivity contribution in [3.8, 4) is 5.75 Å². The number of ether oxygens (including phenoxy) is 1. The molecule has 0 aromatic heterocycles. The van der Waals surface area contributed by atoms with Gasteiger partial charge in [0.1, 0.15) is 5.75 Å². The smallest absolute Gasteiger partial charge is 0.211 e. The lowest BCUT2D eigenvalue weighted by molar-refractivity contribution is 0.190. The van der Waals surface area contributed by atoms with E-state index in [9.17, 15) is 8.42 Å². The quantitative estimate of drug-likeness (QED) is 0.807. The van der Waals surface area contributed by atoms with E-state index in [1.807, 2.05) is 18.2 Å². The van der Waals surface area contributed by atoms with Gasteiger partial charge in [0.25, 0.3) is 0 Å². The molecule has 1 saturated heterocycles. The molecular formula is C14H22N2O3S. The van der Waals surface area contributed by atoms with Crippen molar-refractivity contribution in [3.63, 3.8) is 0 Å². The Kier molecular flexibility index (Phi) is 5.01. The number of hydrogen-bond donors (Lipinski definition) is 0. The summed E-state index contributed by atoms with van der Waals surface area (Å²) >= 11 is 0. The van der Waals surface area contributed by atoms with Gasteiger partial charge in [-0.15, -0.1) is 0 Å². The molecule has 0 aliphatic carbocycles. The molecule has 1 heterocycles. The molecule has 0 bridgehead atoms. The van der Waals surface area contributed by atoms with Gasteiger partial charge in [0, 0.05) is 32.7 Å². The fraction of sp³-hybridized carbons (Fsp3) is 0.571. The van der Waals surface area contributed by atoms with Gasteiger partial charge in [-0.05, 0) is 18.1 Å². The van der Waals surface area contributed by atoms with Crippen molar-refractivity contribution in [2.75, 3.05) is 46.1 Å². The second-order valence-electron chi connectivity index (χ2n) is 5.07. The number of rotatable bonds is 5. The molecule has 1 aromatic carbocycles. The zero-order chi connectivity index (χ0) is 14.6. The molecule has 0 atom stereocenters. The van der Waals surface area contributed by atoms with E-state index in [4.69, 9.17) is 4.74 Å². The van der Waals surface area contributed by atoms with Crippen molar-refractivity contribution in [2.24, 2.45) is 0 Å². The summed E-state index contributed by atoms with van der Waals surface area (Å²) in [6.45, 7) is 3.69. The number of piperazine rings is 1. The average Bonchev–Trinajstić information content (AvgIpc) is 2.45. The van der Waals surface area contributed by atoms with Crippen molar-refractivity contribution in [1.29, 1.82) is 0 Å². The van der Waals surface area contributed by atoms with Gasteiger partial charge in [-0.1, -0.05) is 18.2 Å². The molecule has 6 heteroatoms. The van der Waals surface area contributed by atoms with E-state index >= 15 is 0 Å². The third-order valence-corrected chi connectivity index (χ3v) is 4.99. The molecule has 0 amide bonds. The minimum absolute atomic E-state index is 0.588.